The highest BCUT2D eigenvalue weighted by Crippen LogP contribution is 2.36. The first kappa shape index (κ1) is 18.3. The number of nitrogens with zero attached hydrogens (tertiary/aromatic N) is 1. The van der Waals surface area contributed by atoms with Crippen LogP contribution in [0.5, 0.6) is 0 Å². The monoisotopic (exact) mass is 351 g/mol. The van der Waals surface area contributed by atoms with Crippen LogP contribution in [0.25, 0.3) is 0 Å². The van der Waals surface area contributed by atoms with E-state index in [4.69, 9.17) is 9.31 Å². The summed E-state index contributed by atoms with van der Waals surface area (Å²) in [6, 6.07) is 2.17. The number of likely N-dealkylation sites (tertiary alicyclic amines) is 1. The zero-order chi connectivity index (χ0) is 18.4. The van der Waals surface area contributed by atoms with Crippen molar-refractivity contribution in [3.05, 3.63) is 29.3 Å². The van der Waals surface area contributed by atoms with Crippen molar-refractivity contribution in [1.82, 2.24) is 4.90 Å². The molecule has 0 spiro atoms. The van der Waals surface area contributed by atoms with Crippen LogP contribution in [-0.2, 0) is 20.5 Å². The lowest BCUT2D eigenvalue weighted by Gasteiger charge is -2.32. The number of carbonyl (C=O) groups excluding carboxylic acids is 1. The quantitative estimate of drug-likeness (QED) is 0.786. The van der Waals surface area contributed by atoms with Gasteiger partial charge in [-0.15, -0.1) is 0 Å². The van der Waals surface area contributed by atoms with Gasteiger partial charge in [0.2, 0.25) is 5.91 Å². The molecular weight excluding hydrogens is 327 g/mol. The second-order valence-electron chi connectivity index (χ2n) is 7.82. The molecule has 25 heavy (non-hydrogen) atoms. The lowest BCUT2D eigenvalue weighted by molar-refractivity contribution is -0.129. The number of halogens is 2. The van der Waals surface area contributed by atoms with E-state index in [9.17, 15) is 13.6 Å². The van der Waals surface area contributed by atoms with Crippen molar-refractivity contribution >= 4 is 18.5 Å². The van der Waals surface area contributed by atoms with Crippen LogP contribution < -0.4 is 5.46 Å². The van der Waals surface area contributed by atoms with Gasteiger partial charge >= 0.3 is 7.12 Å². The Labute approximate surface area is 147 Å². The molecule has 3 rings (SSSR count). The van der Waals surface area contributed by atoms with Gasteiger partial charge in [-0.1, -0.05) is 0 Å². The van der Waals surface area contributed by atoms with Crippen LogP contribution in [0.15, 0.2) is 12.1 Å². The summed E-state index contributed by atoms with van der Waals surface area (Å²) in [5.74, 6) is -1.40. The van der Waals surface area contributed by atoms with Gasteiger partial charge in [0.25, 0.3) is 0 Å². The highest BCUT2D eigenvalue weighted by atomic mass is 19.1. The fourth-order valence-electron chi connectivity index (χ4n) is 3.13. The van der Waals surface area contributed by atoms with Crippen LogP contribution in [-0.4, -0.2) is 42.2 Å². The minimum atomic E-state index is -0.970. The number of benzene rings is 1. The minimum Gasteiger partial charge on any atom is -0.399 e. The molecule has 0 radical (unpaired) electrons. The van der Waals surface area contributed by atoms with Gasteiger partial charge in [0.1, 0.15) is 11.6 Å². The van der Waals surface area contributed by atoms with E-state index >= 15 is 0 Å². The summed E-state index contributed by atoms with van der Waals surface area (Å²) >= 11 is 0. The van der Waals surface area contributed by atoms with Gasteiger partial charge in [-0.2, -0.15) is 0 Å². The molecule has 0 atom stereocenters. The summed E-state index contributed by atoms with van der Waals surface area (Å²) in [5.41, 5.74) is -1.18. The number of amides is 1. The molecule has 0 unspecified atom stereocenters. The fourth-order valence-corrected chi connectivity index (χ4v) is 3.13. The Morgan fingerprint density at radius 1 is 1.08 bits per heavy atom. The van der Waals surface area contributed by atoms with Gasteiger partial charge in [0.15, 0.2) is 0 Å². The Morgan fingerprint density at radius 2 is 1.64 bits per heavy atom. The third-order valence-electron chi connectivity index (χ3n) is 5.47. The predicted molar refractivity (Wildman–Crippen MR) is 91.6 cm³/mol. The maximum absolute atomic E-state index is 14.6. The van der Waals surface area contributed by atoms with Crippen LogP contribution in [0.3, 0.4) is 0 Å². The van der Waals surface area contributed by atoms with Crippen LogP contribution in [0.1, 0.15) is 46.1 Å². The summed E-state index contributed by atoms with van der Waals surface area (Å²) < 4.78 is 40.6. The van der Waals surface area contributed by atoms with E-state index in [1.165, 1.54) is 0 Å². The van der Waals surface area contributed by atoms with Gasteiger partial charge in [-0.3, -0.25) is 4.79 Å². The molecule has 2 fully saturated rings. The molecule has 2 heterocycles. The standard InChI is InChI=1S/C18H24BF2NO3/c1-17(2)18(3,4)25-19(24-17)13-11-14(20)12(9-15(13)21)10-16(23)22-7-5-6-8-22/h9,11H,5-8,10H2,1-4H3. The van der Waals surface area contributed by atoms with Crippen molar-refractivity contribution in [3.63, 3.8) is 0 Å². The molecule has 4 nitrogen and oxygen atoms in total. The van der Waals surface area contributed by atoms with Crippen molar-refractivity contribution in [2.45, 2.75) is 58.2 Å². The van der Waals surface area contributed by atoms with Crippen LogP contribution in [0.4, 0.5) is 8.78 Å². The minimum absolute atomic E-state index is 0.0218. The Kier molecular flexibility index (Phi) is 4.66. The SMILES string of the molecule is CC1(C)OB(c2cc(F)c(CC(=O)N3CCCC3)cc2F)OC1(C)C. The van der Waals surface area contributed by atoms with Crippen molar-refractivity contribution in [2.75, 3.05) is 13.1 Å². The summed E-state index contributed by atoms with van der Waals surface area (Å²) in [6.07, 6.45) is 1.79. The van der Waals surface area contributed by atoms with Crippen molar-refractivity contribution in [3.8, 4) is 0 Å². The van der Waals surface area contributed by atoms with E-state index in [0.29, 0.717) is 13.1 Å². The molecule has 0 N–H and O–H groups in total. The second kappa shape index (κ2) is 6.36. The Hall–Kier alpha value is -1.47. The maximum atomic E-state index is 14.6. The third kappa shape index (κ3) is 3.44. The number of carbonyl (C=O) groups is 1. The molecule has 136 valence electrons. The zero-order valence-electron chi connectivity index (χ0n) is 15.2. The number of hydrogen-bond acceptors (Lipinski definition) is 3. The maximum Gasteiger partial charge on any atom is 0.497 e. The van der Waals surface area contributed by atoms with Gasteiger partial charge in [-0.25, -0.2) is 8.78 Å². The molecule has 2 aliphatic heterocycles. The Bertz CT molecular complexity index is 671. The molecule has 0 bridgehead atoms. The Morgan fingerprint density at radius 3 is 2.20 bits per heavy atom. The van der Waals surface area contributed by atoms with Gasteiger partial charge in [0.05, 0.1) is 17.6 Å². The molecular formula is C18H24BF2NO3. The van der Waals surface area contributed by atoms with E-state index in [-0.39, 0.29) is 23.4 Å². The van der Waals surface area contributed by atoms with E-state index < -0.39 is 30.0 Å². The zero-order valence-corrected chi connectivity index (χ0v) is 15.2. The van der Waals surface area contributed by atoms with Crippen LogP contribution in [0, 0.1) is 11.6 Å². The first-order valence-electron chi connectivity index (χ1n) is 8.72. The van der Waals surface area contributed by atoms with E-state index in [0.717, 1.165) is 25.0 Å². The summed E-state index contributed by atoms with van der Waals surface area (Å²) in [5, 5.41) is 0. The molecule has 1 aromatic carbocycles. The smallest absolute Gasteiger partial charge is 0.399 e. The molecule has 1 aromatic rings. The lowest BCUT2D eigenvalue weighted by atomic mass is 9.78. The molecule has 7 heteroatoms. The van der Waals surface area contributed by atoms with Gasteiger partial charge < -0.3 is 14.2 Å². The van der Waals surface area contributed by atoms with E-state index in [1.807, 2.05) is 27.7 Å². The largest absolute Gasteiger partial charge is 0.497 e. The molecule has 2 saturated heterocycles. The predicted octanol–water partition coefficient (Wildman–Crippen LogP) is 2.43. The summed E-state index contributed by atoms with van der Waals surface area (Å²) in [4.78, 5) is 13.9. The van der Waals surface area contributed by atoms with Gasteiger partial charge in [-0.05, 0) is 58.2 Å². The molecule has 0 saturated carbocycles. The molecule has 2 aliphatic rings. The Balaban J connectivity index is 1.80. The van der Waals surface area contributed by atoms with Crippen LogP contribution >= 0.6 is 0 Å². The highest BCUT2D eigenvalue weighted by Gasteiger charge is 2.52. The van der Waals surface area contributed by atoms with Crippen molar-refractivity contribution in [2.24, 2.45) is 0 Å². The molecule has 0 aromatic heterocycles. The average molecular weight is 351 g/mol. The van der Waals surface area contributed by atoms with Crippen LogP contribution in [0.2, 0.25) is 0 Å². The number of hydrogen-bond donors (Lipinski definition) is 0. The van der Waals surface area contributed by atoms with Crippen molar-refractivity contribution < 1.29 is 22.9 Å². The fraction of sp³-hybridized carbons (Fsp3) is 0.611. The van der Waals surface area contributed by atoms with E-state index in [1.54, 1.807) is 4.90 Å². The first-order valence-corrected chi connectivity index (χ1v) is 8.72. The number of rotatable bonds is 3. The normalized spacial score (nSPS) is 21.8. The first-order chi connectivity index (χ1) is 11.6. The third-order valence-corrected chi connectivity index (χ3v) is 5.47. The summed E-state index contributed by atoms with van der Waals surface area (Å²) in [6.45, 7) is 8.78. The van der Waals surface area contributed by atoms with Gasteiger partial charge in [0, 0.05) is 18.6 Å². The molecule has 1 amide bonds. The highest BCUT2D eigenvalue weighted by molar-refractivity contribution is 6.62. The molecule has 0 aliphatic carbocycles. The lowest BCUT2D eigenvalue weighted by Crippen LogP contribution is -2.41. The van der Waals surface area contributed by atoms with Crippen molar-refractivity contribution in [1.29, 1.82) is 0 Å². The topological polar surface area (TPSA) is 38.8 Å². The second-order valence-corrected chi connectivity index (χ2v) is 7.82. The van der Waals surface area contributed by atoms with E-state index in [2.05, 4.69) is 0 Å². The summed E-state index contributed by atoms with van der Waals surface area (Å²) in [7, 11) is -0.970. The average Bonchev–Trinajstić information content (AvgIpc) is 3.09.